The molecule has 21 heavy (non-hydrogen) atoms. The minimum absolute atomic E-state index is 0.0270. The number of hydrogen-bond acceptors (Lipinski definition) is 4. The van der Waals surface area contributed by atoms with Gasteiger partial charge in [-0.15, -0.1) is 13.2 Å². The van der Waals surface area contributed by atoms with Crippen LogP contribution in [0, 0.1) is 5.92 Å². The van der Waals surface area contributed by atoms with Gasteiger partial charge in [-0.2, -0.15) is 0 Å². The number of alkyl halides is 3. The minimum atomic E-state index is -4.98. The summed E-state index contributed by atoms with van der Waals surface area (Å²) < 4.78 is 67.4. The van der Waals surface area contributed by atoms with Crippen molar-refractivity contribution in [2.45, 2.75) is 31.1 Å². The fraction of sp³-hybridized carbons (Fsp3) is 0.500. The van der Waals surface area contributed by atoms with E-state index in [2.05, 4.69) is 9.46 Å². The van der Waals surface area contributed by atoms with E-state index in [9.17, 15) is 21.6 Å². The van der Waals surface area contributed by atoms with Crippen LogP contribution in [0.1, 0.15) is 13.8 Å². The molecule has 0 fully saturated rings. The Bertz CT molecular complexity index is 573. The van der Waals surface area contributed by atoms with Gasteiger partial charge in [-0.3, -0.25) is 0 Å². The standard InChI is InChI=1S/C12H17F3N2O3S/c1-8(2)9(7-16)17-21(18,19)11-6-4-3-5-10(11)20-12(13,14)15/h3-6,8-9,17H,7,16H2,1-2H3. The van der Waals surface area contributed by atoms with Gasteiger partial charge in [-0.1, -0.05) is 26.0 Å². The van der Waals surface area contributed by atoms with Crippen molar-refractivity contribution >= 4 is 10.0 Å². The van der Waals surface area contributed by atoms with Crippen LogP contribution in [-0.2, 0) is 10.0 Å². The summed E-state index contributed by atoms with van der Waals surface area (Å²) in [5.41, 5.74) is 5.46. The van der Waals surface area contributed by atoms with Gasteiger partial charge in [0.15, 0.2) is 0 Å². The zero-order valence-electron chi connectivity index (χ0n) is 11.5. The number of ether oxygens (including phenoxy) is 1. The second-order valence-corrected chi connectivity index (χ2v) is 6.38. The second kappa shape index (κ2) is 6.63. The molecule has 1 unspecified atom stereocenters. The molecule has 1 rings (SSSR count). The lowest BCUT2D eigenvalue weighted by Crippen LogP contribution is -2.43. The molecule has 120 valence electrons. The van der Waals surface area contributed by atoms with Crippen LogP contribution in [0.15, 0.2) is 29.2 Å². The number of nitrogens with two attached hydrogens (primary N) is 1. The van der Waals surface area contributed by atoms with Crippen molar-refractivity contribution in [3.05, 3.63) is 24.3 Å². The van der Waals surface area contributed by atoms with E-state index in [0.717, 1.165) is 12.1 Å². The molecule has 0 aromatic heterocycles. The van der Waals surface area contributed by atoms with Crippen molar-refractivity contribution in [1.82, 2.24) is 4.72 Å². The fourth-order valence-corrected chi connectivity index (χ4v) is 3.13. The fourth-order valence-electron chi connectivity index (χ4n) is 1.60. The molecule has 0 radical (unpaired) electrons. The summed E-state index contributed by atoms with van der Waals surface area (Å²) in [4.78, 5) is -0.582. The van der Waals surface area contributed by atoms with Gasteiger partial charge in [-0.25, -0.2) is 13.1 Å². The third-order valence-corrected chi connectivity index (χ3v) is 4.26. The van der Waals surface area contributed by atoms with E-state index in [4.69, 9.17) is 5.73 Å². The highest BCUT2D eigenvalue weighted by molar-refractivity contribution is 7.89. The Balaban J connectivity index is 3.14. The van der Waals surface area contributed by atoms with Gasteiger partial charge in [0.25, 0.3) is 0 Å². The molecule has 0 amide bonds. The number of hydrogen-bond donors (Lipinski definition) is 2. The highest BCUT2D eigenvalue weighted by Crippen LogP contribution is 2.29. The molecule has 0 saturated carbocycles. The van der Waals surface area contributed by atoms with E-state index >= 15 is 0 Å². The summed E-state index contributed by atoms with van der Waals surface area (Å²) >= 11 is 0. The van der Waals surface area contributed by atoms with E-state index in [1.807, 2.05) is 0 Å². The van der Waals surface area contributed by atoms with Crippen LogP contribution in [0.5, 0.6) is 5.75 Å². The zero-order chi connectivity index (χ0) is 16.3. The van der Waals surface area contributed by atoms with Crippen LogP contribution in [0.3, 0.4) is 0 Å². The van der Waals surface area contributed by atoms with Crippen LogP contribution in [-0.4, -0.2) is 27.4 Å². The smallest absolute Gasteiger partial charge is 0.404 e. The van der Waals surface area contributed by atoms with Crippen molar-refractivity contribution in [2.24, 2.45) is 11.7 Å². The topological polar surface area (TPSA) is 81.4 Å². The number of halogens is 3. The summed E-state index contributed by atoms with van der Waals surface area (Å²) in [6.07, 6.45) is -4.98. The largest absolute Gasteiger partial charge is 0.573 e. The van der Waals surface area contributed by atoms with E-state index < -0.39 is 33.1 Å². The first-order valence-electron chi connectivity index (χ1n) is 6.14. The molecule has 1 aromatic rings. The summed E-state index contributed by atoms with van der Waals surface area (Å²) in [6.45, 7) is 3.52. The van der Waals surface area contributed by atoms with Gasteiger partial charge >= 0.3 is 6.36 Å². The molecule has 0 aliphatic rings. The molecule has 1 aromatic carbocycles. The van der Waals surface area contributed by atoms with Gasteiger partial charge in [-0.05, 0) is 18.1 Å². The summed E-state index contributed by atoms with van der Waals surface area (Å²) in [5.74, 6) is -0.891. The van der Waals surface area contributed by atoms with Crippen molar-refractivity contribution in [1.29, 1.82) is 0 Å². The van der Waals surface area contributed by atoms with Gasteiger partial charge in [0, 0.05) is 12.6 Å². The van der Waals surface area contributed by atoms with Crippen LogP contribution in [0.2, 0.25) is 0 Å². The predicted molar refractivity (Wildman–Crippen MR) is 71.1 cm³/mol. The lowest BCUT2D eigenvalue weighted by molar-refractivity contribution is -0.275. The normalized spacial score (nSPS) is 14.2. The molecular formula is C12H17F3N2O3S. The Morgan fingerprint density at radius 2 is 1.86 bits per heavy atom. The molecule has 0 heterocycles. The Labute approximate surface area is 121 Å². The Morgan fingerprint density at radius 3 is 2.33 bits per heavy atom. The summed E-state index contributed by atoms with van der Waals surface area (Å²) in [6, 6.07) is 3.95. The molecule has 5 nitrogen and oxygen atoms in total. The Kier molecular flexibility index (Phi) is 5.60. The summed E-state index contributed by atoms with van der Waals surface area (Å²) in [7, 11) is -4.17. The number of sulfonamides is 1. The second-order valence-electron chi connectivity index (χ2n) is 4.70. The first kappa shape index (κ1) is 17.7. The van der Waals surface area contributed by atoms with Crippen molar-refractivity contribution < 1.29 is 26.3 Å². The molecule has 9 heteroatoms. The van der Waals surface area contributed by atoms with Crippen LogP contribution in [0.25, 0.3) is 0 Å². The van der Waals surface area contributed by atoms with Gasteiger partial charge < -0.3 is 10.5 Å². The van der Waals surface area contributed by atoms with Gasteiger partial charge in [0.2, 0.25) is 10.0 Å². The predicted octanol–water partition coefficient (Wildman–Crippen LogP) is 1.85. The van der Waals surface area contributed by atoms with Crippen LogP contribution in [0.4, 0.5) is 13.2 Å². The van der Waals surface area contributed by atoms with E-state index in [1.165, 1.54) is 12.1 Å². The average Bonchev–Trinajstić information content (AvgIpc) is 2.34. The third kappa shape index (κ3) is 5.18. The SMILES string of the molecule is CC(C)C(CN)NS(=O)(=O)c1ccccc1OC(F)(F)F. The van der Waals surface area contributed by atoms with E-state index in [0.29, 0.717) is 0 Å². The van der Waals surface area contributed by atoms with Crippen LogP contribution >= 0.6 is 0 Å². The van der Waals surface area contributed by atoms with Crippen molar-refractivity contribution in [2.75, 3.05) is 6.54 Å². The Hall–Kier alpha value is -1.32. The zero-order valence-corrected chi connectivity index (χ0v) is 12.3. The number of benzene rings is 1. The third-order valence-electron chi connectivity index (χ3n) is 2.73. The molecule has 3 N–H and O–H groups in total. The number of para-hydroxylation sites is 1. The summed E-state index contributed by atoms with van der Waals surface area (Å²) in [5, 5.41) is 0. The maximum absolute atomic E-state index is 12.3. The van der Waals surface area contributed by atoms with Gasteiger partial charge in [0.1, 0.15) is 10.6 Å². The first-order chi connectivity index (χ1) is 9.57. The molecule has 1 atom stereocenters. The average molecular weight is 326 g/mol. The minimum Gasteiger partial charge on any atom is -0.404 e. The molecular weight excluding hydrogens is 309 g/mol. The molecule has 0 bridgehead atoms. The quantitative estimate of drug-likeness (QED) is 0.836. The lowest BCUT2D eigenvalue weighted by atomic mass is 10.1. The molecule has 0 saturated heterocycles. The maximum Gasteiger partial charge on any atom is 0.573 e. The lowest BCUT2D eigenvalue weighted by Gasteiger charge is -2.21. The van der Waals surface area contributed by atoms with E-state index in [1.54, 1.807) is 13.8 Å². The maximum atomic E-state index is 12.3. The van der Waals surface area contributed by atoms with Crippen molar-refractivity contribution in [3.63, 3.8) is 0 Å². The molecule has 0 spiro atoms. The first-order valence-corrected chi connectivity index (χ1v) is 7.62. The Morgan fingerprint density at radius 1 is 1.29 bits per heavy atom. The number of rotatable bonds is 6. The van der Waals surface area contributed by atoms with Gasteiger partial charge in [0.05, 0.1) is 0 Å². The van der Waals surface area contributed by atoms with E-state index in [-0.39, 0.29) is 12.5 Å². The monoisotopic (exact) mass is 326 g/mol. The van der Waals surface area contributed by atoms with Crippen LogP contribution < -0.4 is 15.2 Å². The van der Waals surface area contributed by atoms with Crippen molar-refractivity contribution in [3.8, 4) is 5.75 Å². The highest BCUT2D eigenvalue weighted by Gasteiger charge is 2.34. The number of nitrogens with one attached hydrogen (secondary N) is 1. The molecule has 0 aliphatic carbocycles. The highest BCUT2D eigenvalue weighted by atomic mass is 32.2. The molecule has 0 aliphatic heterocycles.